The number of likely N-dealkylation sites (tertiary alicyclic amines) is 1. The molecule has 0 aromatic rings. The van der Waals surface area contributed by atoms with Gasteiger partial charge >= 0.3 is 0 Å². The van der Waals surface area contributed by atoms with Gasteiger partial charge in [-0.25, -0.2) is 0 Å². The molecule has 1 aliphatic heterocycles. The number of hydrogen-bond donors (Lipinski definition) is 1. The van der Waals surface area contributed by atoms with E-state index >= 15 is 0 Å². The van der Waals surface area contributed by atoms with E-state index in [-0.39, 0.29) is 0 Å². The van der Waals surface area contributed by atoms with Crippen LogP contribution in [0.2, 0.25) is 0 Å². The molecule has 0 radical (unpaired) electrons. The first-order valence-electron chi connectivity index (χ1n) is 5.30. The summed E-state index contributed by atoms with van der Waals surface area (Å²) in [6, 6.07) is 1.42. The first-order chi connectivity index (χ1) is 5.80. The smallest absolute Gasteiger partial charge is 0.0237 e. The zero-order chi connectivity index (χ0) is 8.18. The van der Waals surface area contributed by atoms with Crippen LogP contribution in [-0.2, 0) is 0 Å². The van der Waals surface area contributed by atoms with Gasteiger partial charge in [0.05, 0.1) is 0 Å². The monoisotopic (exact) mass is 166 g/mol. The molecule has 2 saturated carbocycles. The highest BCUT2D eigenvalue weighted by Crippen LogP contribution is 2.49. The lowest BCUT2D eigenvalue weighted by Crippen LogP contribution is -2.45. The molecule has 1 heterocycles. The molecule has 2 heteroatoms. The van der Waals surface area contributed by atoms with Crippen LogP contribution < -0.4 is 5.73 Å². The van der Waals surface area contributed by atoms with Crippen molar-refractivity contribution in [3.05, 3.63) is 0 Å². The van der Waals surface area contributed by atoms with E-state index < -0.39 is 0 Å². The molecule has 0 aromatic carbocycles. The summed E-state index contributed by atoms with van der Waals surface area (Å²) in [4.78, 5) is 2.64. The van der Waals surface area contributed by atoms with E-state index in [4.69, 9.17) is 5.73 Å². The van der Waals surface area contributed by atoms with Crippen molar-refractivity contribution in [3.63, 3.8) is 0 Å². The van der Waals surface area contributed by atoms with Gasteiger partial charge in [-0.1, -0.05) is 6.42 Å². The third-order valence-electron chi connectivity index (χ3n) is 4.15. The van der Waals surface area contributed by atoms with Crippen LogP contribution in [0.15, 0.2) is 0 Å². The molecule has 0 bridgehead atoms. The second kappa shape index (κ2) is 2.24. The minimum Gasteiger partial charge on any atom is -0.326 e. The second-order valence-electron chi connectivity index (χ2n) is 4.98. The van der Waals surface area contributed by atoms with E-state index in [0.717, 1.165) is 6.04 Å². The Bertz CT molecular complexity index is 194. The average Bonchev–Trinajstić information content (AvgIpc) is 2.73. The number of rotatable bonds is 1. The average molecular weight is 166 g/mol. The molecule has 12 heavy (non-hydrogen) atoms. The van der Waals surface area contributed by atoms with Crippen LogP contribution >= 0.6 is 0 Å². The fourth-order valence-electron chi connectivity index (χ4n) is 2.91. The summed E-state index contributed by atoms with van der Waals surface area (Å²) in [6.45, 7) is 2.50. The largest absolute Gasteiger partial charge is 0.326 e. The minimum absolute atomic E-state index is 0.492. The summed E-state index contributed by atoms with van der Waals surface area (Å²) in [5, 5.41) is 0. The van der Waals surface area contributed by atoms with Gasteiger partial charge in [-0.05, 0) is 31.1 Å². The maximum absolute atomic E-state index is 6.19. The summed E-state index contributed by atoms with van der Waals surface area (Å²) >= 11 is 0. The SMILES string of the molecule is NC1CN(C2CC2)CC12CCC2. The summed E-state index contributed by atoms with van der Waals surface area (Å²) in [7, 11) is 0. The van der Waals surface area contributed by atoms with Gasteiger partial charge in [0.15, 0.2) is 0 Å². The Morgan fingerprint density at radius 2 is 2.00 bits per heavy atom. The summed E-state index contributed by atoms with van der Waals surface area (Å²) in [6.07, 6.45) is 7.09. The lowest BCUT2D eigenvalue weighted by molar-refractivity contribution is 0.121. The molecule has 3 rings (SSSR count). The van der Waals surface area contributed by atoms with Crippen molar-refractivity contribution in [2.75, 3.05) is 13.1 Å². The van der Waals surface area contributed by atoms with Crippen LogP contribution in [0, 0.1) is 5.41 Å². The molecule has 2 nitrogen and oxygen atoms in total. The number of hydrogen-bond acceptors (Lipinski definition) is 2. The summed E-state index contributed by atoms with van der Waals surface area (Å²) in [5.41, 5.74) is 6.76. The molecule has 0 amide bonds. The van der Waals surface area contributed by atoms with Gasteiger partial charge in [-0.3, -0.25) is 4.90 Å². The molecule has 1 spiro atoms. The molecular weight excluding hydrogens is 148 g/mol. The highest BCUT2D eigenvalue weighted by atomic mass is 15.2. The van der Waals surface area contributed by atoms with E-state index in [1.165, 1.54) is 45.2 Å². The number of nitrogens with zero attached hydrogens (tertiary/aromatic N) is 1. The predicted octanol–water partition coefficient (Wildman–Crippen LogP) is 0.962. The van der Waals surface area contributed by atoms with Gasteiger partial charge in [0.25, 0.3) is 0 Å². The zero-order valence-electron chi connectivity index (χ0n) is 7.63. The first-order valence-corrected chi connectivity index (χ1v) is 5.30. The molecule has 2 aliphatic carbocycles. The molecule has 2 N–H and O–H groups in total. The van der Waals surface area contributed by atoms with E-state index in [2.05, 4.69) is 4.90 Å². The van der Waals surface area contributed by atoms with E-state index in [1.54, 1.807) is 0 Å². The van der Waals surface area contributed by atoms with Crippen LogP contribution in [-0.4, -0.2) is 30.1 Å². The molecule has 3 aliphatic rings. The molecular formula is C10H18N2. The fraction of sp³-hybridized carbons (Fsp3) is 1.00. The minimum atomic E-state index is 0.492. The summed E-state index contributed by atoms with van der Waals surface area (Å²) in [5.74, 6) is 0. The molecule has 1 atom stereocenters. The van der Waals surface area contributed by atoms with E-state index in [1.807, 2.05) is 0 Å². The van der Waals surface area contributed by atoms with Crippen LogP contribution in [0.4, 0.5) is 0 Å². The molecule has 0 aromatic heterocycles. The van der Waals surface area contributed by atoms with Crippen molar-refractivity contribution in [1.29, 1.82) is 0 Å². The Labute approximate surface area is 74.1 Å². The van der Waals surface area contributed by atoms with Crippen molar-refractivity contribution in [2.45, 2.75) is 44.2 Å². The third kappa shape index (κ3) is 0.882. The Hall–Kier alpha value is -0.0800. The van der Waals surface area contributed by atoms with Gasteiger partial charge in [-0.2, -0.15) is 0 Å². The highest BCUT2D eigenvalue weighted by Gasteiger charge is 2.51. The van der Waals surface area contributed by atoms with Gasteiger partial charge in [0.2, 0.25) is 0 Å². The Kier molecular flexibility index (Phi) is 1.37. The van der Waals surface area contributed by atoms with Crippen LogP contribution in [0.3, 0.4) is 0 Å². The zero-order valence-corrected chi connectivity index (χ0v) is 7.63. The van der Waals surface area contributed by atoms with Crippen molar-refractivity contribution >= 4 is 0 Å². The topological polar surface area (TPSA) is 29.3 Å². The van der Waals surface area contributed by atoms with Crippen LogP contribution in [0.25, 0.3) is 0 Å². The van der Waals surface area contributed by atoms with Crippen LogP contribution in [0.5, 0.6) is 0 Å². The predicted molar refractivity (Wildman–Crippen MR) is 48.9 cm³/mol. The third-order valence-corrected chi connectivity index (χ3v) is 4.15. The second-order valence-corrected chi connectivity index (χ2v) is 4.98. The highest BCUT2D eigenvalue weighted by molar-refractivity contribution is 5.06. The van der Waals surface area contributed by atoms with Gasteiger partial charge in [0.1, 0.15) is 0 Å². The maximum Gasteiger partial charge on any atom is 0.0237 e. The van der Waals surface area contributed by atoms with Crippen molar-refractivity contribution in [1.82, 2.24) is 4.90 Å². The number of nitrogens with two attached hydrogens (primary N) is 1. The molecule has 1 saturated heterocycles. The maximum atomic E-state index is 6.19. The van der Waals surface area contributed by atoms with Crippen molar-refractivity contribution in [2.24, 2.45) is 11.1 Å². The van der Waals surface area contributed by atoms with Gasteiger partial charge in [0, 0.05) is 25.2 Å². The van der Waals surface area contributed by atoms with Gasteiger partial charge in [-0.15, -0.1) is 0 Å². The standard InChI is InChI=1S/C10H18N2/c11-9-6-12(8-2-3-8)7-10(9)4-1-5-10/h8-9H,1-7,11H2. The lowest BCUT2D eigenvalue weighted by Gasteiger charge is -2.41. The summed E-state index contributed by atoms with van der Waals surface area (Å²) < 4.78 is 0. The first kappa shape index (κ1) is 7.34. The van der Waals surface area contributed by atoms with Gasteiger partial charge < -0.3 is 5.73 Å². The van der Waals surface area contributed by atoms with Crippen molar-refractivity contribution < 1.29 is 0 Å². The Morgan fingerprint density at radius 3 is 2.42 bits per heavy atom. The van der Waals surface area contributed by atoms with Crippen molar-refractivity contribution in [3.8, 4) is 0 Å². The molecule has 1 unspecified atom stereocenters. The fourth-order valence-corrected chi connectivity index (χ4v) is 2.91. The lowest BCUT2D eigenvalue weighted by atomic mass is 9.66. The van der Waals surface area contributed by atoms with Crippen LogP contribution in [0.1, 0.15) is 32.1 Å². The molecule has 68 valence electrons. The Balaban J connectivity index is 1.72. The normalized spacial score (nSPS) is 40.2. The molecule has 3 fully saturated rings. The van der Waals surface area contributed by atoms with E-state index in [9.17, 15) is 0 Å². The Morgan fingerprint density at radius 1 is 1.25 bits per heavy atom. The van der Waals surface area contributed by atoms with E-state index in [0.29, 0.717) is 11.5 Å². The quantitative estimate of drug-likeness (QED) is 0.628.